The number of aromatic nitrogens is 5. The molecular weight excluding hydrogens is 434 g/mol. The highest BCUT2D eigenvalue weighted by Crippen LogP contribution is 2.35. The van der Waals surface area contributed by atoms with Gasteiger partial charge in [0.1, 0.15) is 17.2 Å². The Kier molecular flexibility index (Phi) is 5.04. The second-order valence-electron chi connectivity index (χ2n) is 10.1. The van der Waals surface area contributed by atoms with Gasteiger partial charge in [0.2, 0.25) is 5.89 Å². The van der Waals surface area contributed by atoms with E-state index in [9.17, 15) is 0 Å². The van der Waals surface area contributed by atoms with Gasteiger partial charge in [0.25, 0.3) is 0 Å². The first-order valence-corrected chi connectivity index (χ1v) is 12.9. The van der Waals surface area contributed by atoms with Crippen molar-refractivity contribution in [3.63, 3.8) is 0 Å². The number of aromatic amines is 2. The monoisotopic (exact) mass is 463 g/mol. The zero-order valence-electron chi connectivity index (χ0n) is 19.8. The van der Waals surface area contributed by atoms with Crippen molar-refractivity contribution < 1.29 is 4.42 Å². The normalized spacial score (nSPS) is 17.1. The van der Waals surface area contributed by atoms with Gasteiger partial charge in [-0.15, -0.1) is 0 Å². The lowest BCUT2D eigenvalue weighted by Crippen LogP contribution is -1.94. The van der Waals surface area contributed by atoms with Crippen molar-refractivity contribution in [1.29, 1.82) is 0 Å². The van der Waals surface area contributed by atoms with E-state index in [0.717, 1.165) is 50.8 Å². The van der Waals surface area contributed by atoms with Gasteiger partial charge in [-0.25, -0.2) is 15.0 Å². The topological polar surface area (TPSA) is 83.4 Å². The van der Waals surface area contributed by atoms with Crippen LogP contribution in [-0.2, 0) is 0 Å². The number of nitrogens with zero attached hydrogens (tertiary/aromatic N) is 3. The Bertz CT molecular complexity index is 1460. The number of hydrogen-bond acceptors (Lipinski definition) is 4. The summed E-state index contributed by atoms with van der Waals surface area (Å²) in [5, 5.41) is 0. The summed E-state index contributed by atoms with van der Waals surface area (Å²) in [4.78, 5) is 21.2. The first-order chi connectivity index (χ1) is 17.3. The van der Waals surface area contributed by atoms with E-state index >= 15 is 0 Å². The number of benzene rings is 2. The van der Waals surface area contributed by atoms with E-state index in [-0.39, 0.29) is 0 Å². The summed E-state index contributed by atoms with van der Waals surface area (Å²) in [5.41, 5.74) is 6.93. The summed E-state index contributed by atoms with van der Waals surface area (Å²) < 4.78 is 6.09. The molecule has 7 rings (SSSR count). The molecule has 2 N–H and O–H groups in total. The summed E-state index contributed by atoms with van der Waals surface area (Å²) in [6, 6.07) is 14.5. The molecule has 2 fully saturated rings. The zero-order chi connectivity index (χ0) is 23.2. The minimum Gasteiger partial charge on any atom is -0.436 e. The third kappa shape index (κ3) is 3.87. The molecule has 0 atom stereocenters. The molecule has 0 saturated heterocycles. The van der Waals surface area contributed by atoms with Crippen LogP contribution in [0.3, 0.4) is 0 Å². The van der Waals surface area contributed by atoms with E-state index < -0.39 is 0 Å². The van der Waals surface area contributed by atoms with Gasteiger partial charge in [0, 0.05) is 23.0 Å². The molecule has 176 valence electrons. The number of nitrogens with one attached hydrogen (secondary N) is 2. The second kappa shape index (κ2) is 8.52. The quantitative estimate of drug-likeness (QED) is 0.281. The lowest BCUT2D eigenvalue weighted by Gasteiger charge is -2.04. The van der Waals surface area contributed by atoms with E-state index in [1.807, 2.05) is 18.5 Å². The Hall–Kier alpha value is -3.67. The van der Waals surface area contributed by atoms with Crippen molar-refractivity contribution in [1.82, 2.24) is 24.9 Å². The van der Waals surface area contributed by atoms with Crippen molar-refractivity contribution in [3.8, 4) is 34.0 Å². The predicted octanol–water partition coefficient (Wildman–Crippen LogP) is 7.59. The molecule has 3 heterocycles. The predicted molar refractivity (Wildman–Crippen MR) is 137 cm³/mol. The molecule has 0 aliphatic heterocycles. The van der Waals surface area contributed by atoms with Crippen LogP contribution in [0.5, 0.6) is 0 Å². The number of hydrogen-bond donors (Lipinski definition) is 2. The molecule has 6 heteroatoms. The summed E-state index contributed by atoms with van der Waals surface area (Å²) in [6.45, 7) is 0. The standard InChI is InChI=1S/C29H29N5O/c1-2-6-19(5-1)27-30-16-24(32-27)18-9-11-21(12-10-18)29-34-23-15-22(13-14-26(23)35-29)25-17-31-28(33-25)20-7-3-4-8-20/h9-17,19-20H,1-8H2,(H,30,32)(H,31,33). The summed E-state index contributed by atoms with van der Waals surface area (Å²) in [6.07, 6.45) is 14.1. The molecule has 0 amide bonds. The van der Waals surface area contributed by atoms with Crippen molar-refractivity contribution >= 4 is 11.1 Å². The van der Waals surface area contributed by atoms with Gasteiger partial charge >= 0.3 is 0 Å². The van der Waals surface area contributed by atoms with E-state index in [4.69, 9.17) is 9.40 Å². The van der Waals surface area contributed by atoms with Gasteiger partial charge in [-0.2, -0.15) is 0 Å². The van der Waals surface area contributed by atoms with E-state index in [2.05, 4.69) is 56.3 Å². The molecule has 2 aliphatic carbocycles. The van der Waals surface area contributed by atoms with E-state index in [1.54, 1.807) is 0 Å². The number of fused-ring (bicyclic) bond motifs is 1. The third-order valence-corrected chi connectivity index (χ3v) is 7.82. The molecule has 35 heavy (non-hydrogen) atoms. The Balaban J connectivity index is 1.12. The van der Waals surface area contributed by atoms with Crippen LogP contribution in [0, 0.1) is 0 Å². The van der Waals surface area contributed by atoms with Crippen molar-refractivity contribution in [2.75, 3.05) is 0 Å². The van der Waals surface area contributed by atoms with Crippen LogP contribution < -0.4 is 0 Å². The maximum absolute atomic E-state index is 6.09. The number of imidazole rings is 2. The van der Waals surface area contributed by atoms with Crippen LogP contribution in [0.2, 0.25) is 0 Å². The van der Waals surface area contributed by atoms with Gasteiger partial charge in [0.05, 0.1) is 23.8 Å². The first-order valence-electron chi connectivity index (χ1n) is 12.9. The fourth-order valence-electron chi connectivity index (χ4n) is 5.79. The van der Waals surface area contributed by atoms with Crippen molar-refractivity contribution in [2.45, 2.75) is 63.2 Å². The molecule has 2 aromatic carbocycles. The highest BCUT2D eigenvalue weighted by atomic mass is 16.3. The van der Waals surface area contributed by atoms with Crippen LogP contribution in [0.1, 0.15) is 74.9 Å². The molecule has 0 radical (unpaired) electrons. The fourth-order valence-corrected chi connectivity index (χ4v) is 5.79. The largest absolute Gasteiger partial charge is 0.436 e. The molecule has 2 saturated carbocycles. The molecule has 0 unspecified atom stereocenters. The minimum atomic E-state index is 0.574. The first kappa shape index (κ1) is 20.7. The molecule has 0 bridgehead atoms. The van der Waals surface area contributed by atoms with Gasteiger partial charge < -0.3 is 14.4 Å². The molecule has 3 aromatic heterocycles. The van der Waals surface area contributed by atoms with E-state index in [0.29, 0.717) is 17.7 Å². The Labute approximate surface area is 204 Å². The average Bonchev–Trinajstić information content (AvgIpc) is 3.73. The van der Waals surface area contributed by atoms with Crippen LogP contribution in [0.4, 0.5) is 0 Å². The van der Waals surface area contributed by atoms with Gasteiger partial charge in [-0.3, -0.25) is 0 Å². The molecular formula is C29H29N5O. The Morgan fingerprint density at radius 1 is 0.657 bits per heavy atom. The SMILES string of the molecule is c1cc(-c2nc3cc(-c4cnc(C5CCCC5)[nH]4)ccc3o2)ccc1-c1cnc(C2CCCC2)[nH]1. The number of H-pyrrole nitrogens is 2. The third-order valence-electron chi connectivity index (χ3n) is 7.82. The second-order valence-corrected chi connectivity index (χ2v) is 10.1. The molecule has 6 nitrogen and oxygen atoms in total. The van der Waals surface area contributed by atoms with Gasteiger partial charge in [-0.05, 0) is 61.6 Å². The maximum Gasteiger partial charge on any atom is 0.227 e. The lowest BCUT2D eigenvalue weighted by molar-refractivity contribution is 0.620. The number of rotatable bonds is 5. The van der Waals surface area contributed by atoms with Crippen molar-refractivity contribution in [3.05, 3.63) is 66.5 Å². The Morgan fingerprint density at radius 3 is 1.83 bits per heavy atom. The smallest absolute Gasteiger partial charge is 0.227 e. The van der Waals surface area contributed by atoms with Crippen LogP contribution in [0.15, 0.2) is 59.3 Å². The van der Waals surface area contributed by atoms with Crippen LogP contribution in [-0.4, -0.2) is 24.9 Å². The van der Waals surface area contributed by atoms with Crippen LogP contribution >= 0.6 is 0 Å². The maximum atomic E-state index is 6.09. The molecule has 5 aromatic rings. The lowest BCUT2D eigenvalue weighted by atomic mass is 10.1. The molecule has 0 spiro atoms. The summed E-state index contributed by atoms with van der Waals surface area (Å²) in [5.74, 6) is 4.04. The van der Waals surface area contributed by atoms with Crippen LogP contribution in [0.25, 0.3) is 45.1 Å². The Morgan fingerprint density at radius 2 is 1.20 bits per heavy atom. The summed E-state index contributed by atoms with van der Waals surface area (Å²) >= 11 is 0. The highest BCUT2D eigenvalue weighted by Gasteiger charge is 2.21. The fraction of sp³-hybridized carbons (Fsp3) is 0.345. The molecule has 2 aliphatic rings. The zero-order valence-corrected chi connectivity index (χ0v) is 19.8. The van der Waals surface area contributed by atoms with Crippen molar-refractivity contribution in [2.24, 2.45) is 0 Å². The average molecular weight is 464 g/mol. The van der Waals surface area contributed by atoms with E-state index in [1.165, 1.54) is 51.4 Å². The highest BCUT2D eigenvalue weighted by molar-refractivity contribution is 5.81. The minimum absolute atomic E-state index is 0.574. The van der Waals surface area contributed by atoms with Gasteiger partial charge in [0.15, 0.2) is 5.58 Å². The number of oxazole rings is 1. The van der Waals surface area contributed by atoms with Gasteiger partial charge in [-0.1, -0.05) is 37.8 Å². The summed E-state index contributed by atoms with van der Waals surface area (Å²) in [7, 11) is 0.